The van der Waals surface area contributed by atoms with E-state index in [9.17, 15) is 38.4 Å². The van der Waals surface area contributed by atoms with Crippen molar-refractivity contribution in [3.63, 3.8) is 0 Å². The molecule has 0 spiro atoms. The van der Waals surface area contributed by atoms with Crippen molar-refractivity contribution in [2.75, 3.05) is 0 Å². The van der Waals surface area contributed by atoms with Crippen LogP contribution in [0.15, 0.2) is 48.5 Å². The second-order valence-corrected chi connectivity index (χ2v) is 8.49. The summed E-state index contributed by atoms with van der Waals surface area (Å²) in [5.41, 5.74) is -1.11. The molecule has 1 aliphatic carbocycles. The van der Waals surface area contributed by atoms with Crippen molar-refractivity contribution >= 4 is 47.4 Å². The number of ether oxygens (including phenoxy) is 4. The number of esters is 6. The van der Waals surface area contributed by atoms with Gasteiger partial charge in [0.25, 0.3) is 0 Å². The van der Waals surface area contributed by atoms with E-state index >= 15 is 0 Å². The van der Waals surface area contributed by atoms with E-state index in [1.165, 1.54) is 24.3 Å². The highest BCUT2D eigenvalue weighted by atomic mass is 16.6. The molecule has 3 aromatic rings. The minimum atomic E-state index is -0.997. The smallest absolute Gasteiger partial charge is 0.346 e. The average Bonchev–Trinajstić information content (AvgIpc) is 3.49. The summed E-state index contributed by atoms with van der Waals surface area (Å²) < 4.78 is 19.6. The van der Waals surface area contributed by atoms with Gasteiger partial charge in [0.2, 0.25) is 0 Å². The third kappa shape index (κ3) is 3.70. The number of carbonyl (C=O) groups is 8. The SMILES string of the molecule is O=C(Oc1ccc(OC(=O)c2ccc3c(c2)C(=O)OC3=O)c2c1C(=O)CC2=O)c1ccc2c(c1)C(=O)OC2=O. The minimum absolute atomic E-state index is 0.0174. The summed E-state index contributed by atoms with van der Waals surface area (Å²) in [5.74, 6) is -7.49. The van der Waals surface area contributed by atoms with Crippen LogP contribution in [0.5, 0.6) is 11.5 Å². The molecule has 190 valence electrons. The van der Waals surface area contributed by atoms with Crippen molar-refractivity contribution in [1.29, 1.82) is 0 Å². The lowest BCUT2D eigenvalue weighted by Crippen LogP contribution is -2.14. The van der Waals surface area contributed by atoms with Gasteiger partial charge in [-0.25, -0.2) is 28.8 Å². The average molecular weight is 526 g/mol. The van der Waals surface area contributed by atoms with Crippen LogP contribution in [0.2, 0.25) is 0 Å². The molecule has 0 bridgehead atoms. The summed E-state index contributed by atoms with van der Waals surface area (Å²) in [7, 11) is 0. The summed E-state index contributed by atoms with van der Waals surface area (Å²) in [6, 6.07) is 9.40. The minimum Gasteiger partial charge on any atom is -0.422 e. The lowest BCUT2D eigenvalue weighted by Gasteiger charge is -2.12. The quantitative estimate of drug-likeness (QED) is 0.276. The zero-order chi connectivity index (χ0) is 27.6. The number of ketones is 2. The Morgan fingerprint density at radius 1 is 0.538 bits per heavy atom. The van der Waals surface area contributed by atoms with Crippen LogP contribution < -0.4 is 9.47 Å². The van der Waals surface area contributed by atoms with E-state index in [1.54, 1.807) is 0 Å². The molecule has 0 amide bonds. The monoisotopic (exact) mass is 526 g/mol. The normalized spacial score (nSPS) is 15.0. The van der Waals surface area contributed by atoms with Crippen LogP contribution in [0.3, 0.4) is 0 Å². The molecule has 0 fully saturated rings. The Bertz CT molecular complexity index is 1650. The number of hydrogen-bond acceptors (Lipinski definition) is 12. The Balaban J connectivity index is 1.30. The van der Waals surface area contributed by atoms with Gasteiger partial charge >= 0.3 is 35.8 Å². The van der Waals surface area contributed by atoms with Crippen LogP contribution >= 0.6 is 0 Å². The Hall–Kier alpha value is -5.78. The maximum atomic E-state index is 12.8. The first-order chi connectivity index (χ1) is 18.6. The first kappa shape index (κ1) is 23.6. The van der Waals surface area contributed by atoms with Crippen molar-refractivity contribution in [2.45, 2.75) is 6.42 Å². The zero-order valence-corrected chi connectivity index (χ0v) is 19.2. The molecule has 0 radical (unpaired) electrons. The first-order valence-electron chi connectivity index (χ1n) is 11.1. The van der Waals surface area contributed by atoms with Gasteiger partial charge in [-0.15, -0.1) is 0 Å². The van der Waals surface area contributed by atoms with Crippen LogP contribution in [0.4, 0.5) is 0 Å². The Kier molecular flexibility index (Phi) is 5.07. The van der Waals surface area contributed by atoms with E-state index in [0.717, 1.165) is 24.3 Å². The van der Waals surface area contributed by atoms with Gasteiger partial charge in [0, 0.05) is 0 Å². The second kappa shape index (κ2) is 8.38. The fourth-order valence-corrected chi connectivity index (χ4v) is 4.35. The molecule has 2 heterocycles. The molecule has 0 aromatic heterocycles. The van der Waals surface area contributed by atoms with Crippen LogP contribution in [0.25, 0.3) is 0 Å². The highest BCUT2D eigenvalue weighted by Crippen LogP contribution is 2.38. The number of Topliss-reactive ketones (excluding diaryl/α,β-unsaturated/α-hetero) is 2. The Labute approximate surface area is 216 Å². The highest BCUT2D eigenvalue weighted by molar-refractivity contribution is 6.27. The summed E-state index contributed by atoms with van der Waals surface area (Å²) in [5, 5.41) is 0. The van der Waals surface area contributed by atoms with Crippen molar-refractivity contribution in [3.8, 4) is 11.5 Å². The van der Waals surface area contributed by atoms with Crippen molar-refractivity contribution < 1.29 is 57.3 Å². The van der Waals surface area contributed by atoms with Crippen LogP contribution in [-0.2, 0) is 9.47 Å². The number of rotatable bonds is 4. The molecule has 2 aliphatic heterocycles. The van der Waals surface area contributed by atoms with Crippen LogP contribution in [0, 0.1) is 0 Å². The van der Waals surface area contributed by atoms with Crippen molar-refractivity contribution in [1.82, 2.24) is 0 Å². The Morgan fingerprint density at radius 2 is 0.923 bits per heavy atom. The molecule has 12 heteroatoms. The highest BCUT2D eigenvalue weighted by Gasteiger charge is 2.37. The van der Waals surface area contributed by atoms with Crippen LogP contribution in [-0.4, -0.2) is 47.4 Å². The van der Waals surface area contributed by atoms with Gasteiger partial charge in [0.15, 0.2) is 11.6 Å². The fourth-order valence-electron chi connectivity index (χ4n) is 4.35. The standard InChI is InChI=1S/C27H10O12/c28-16-9-17(29)21-19(37-23(31)11-2-4-13-15(8-11)27(35)39-25(13)33)6-5-18(20(16)21)36-22(30)10-1-3-12-14(7-10)26(34)38-24(12)32/h1-8H,9H2. The fraction of sp³-hybridized carbons (Fsp3) is 0.0370. The Morgan fingerprint density at radius 3 is 1.33 bits per heavy atom. The maximum Gasteiger partial charge on any atom is 0.346 e. The number of carbonyl (C=O) groups excluding carboxylic acids is 8. The lowest BCUT2D eigenvalue weighted by molar-refractivity contribution is 0.0425. The van der Waals surface area contributed by atoms with E-state index in [0.29, 0.717) is 0 Å². The number of hydrogen-bond donors (Lipinski definition) is 0. The van der Waals surface area contributed by atoms with E-state index in [-0.39, 0.29) is 56.0 Å². The third-order valence-electron chi connectivity index (χ3n) is 6.17. The second-order valence-electron chi connectivity index (χ2n) is 8.49. The van der Waals surface area contributed by atoms with E-state index in [1.807, 2.05) is 0 Å². The van der Waals surface area contributed by atoms with Gasteiger partial charge in [-0.3, -0.25) is 9.59 Å². The molecule has 0 saturated carbocycles. The summed E-state index contributed by atoms with van der Waals surface area (Å²) >= 11 is 0. The van der Waals surface area contributed by atoms with Gasteiger partial charge in [0.05, 0.1) is 50.9 Å². The predicted octanol–water partition coefficient (Wildman–Crippen LogP) is 2.52. The largest absolute Gasteiger partial charge is 0.422 e. The number of cyclic esters (lactones) is 4. The molecule has 0 saturated heterocycles. The lowest BCUT2D eigenvalue weighted by atomic mass is 10.0. The molecule has 39 heavy (non-hydrogen) atoms. The summed E-state index contributed by atoms with van der Waals surface area (Å²) in [6.07, 6.45) is -0.561. The third-order valence-corrected chi connectivity index (χ3v) is 6.17. The van der Waals surface area contributed by atoms with Gasteiger partial charge in [0.1, 0.15) is 11.5 Å². The molecule has 6 rings (SSSR count). The number of fused-ring (bicyclic) bond motifs is 3. The van der Waals surface area contributed by atoms with Crippen molar-refractivity contribution in [3.05, 3.63) is 93.0 Å². The topological polar surface area (TPSA) is 173 Å². The first-order valence-corrected chi connectivity index (χ1v) is 11.1. The molecule has 0 unspecified atom stereocenters. The maximum absolute atomic E-state index is 12.8. The van der Waals surface area contributed by atoms with E-state index in [4.69, 9.17) is 9.47 Å². The van der Waals surface area contributed by atoms with Crippen molar-refractivity contribution in [2.24, 2.45) is 0 Å². The van der Waals surface area contributed by atoms with Gasteiger partial charge in [-0.2, -0.15) is 0 Å². The van der Waals surface area contributed by atoms with E-state index in [2.05, 4.69) is 9.47 Å². The number of benzene rings is 3. The molecular weight excluding hydrogens is 516 g/mol. The molecule has 0 N–H and O–H groups in total. The van der Waals surface area contributed by atoms with E-state index < -0.39 is 53.8 Å². The molecular formula is C27H10O12. The molecule has 12 nitrogen and oxygen atoms in total. The summed E-state index contributed by atoms with van der Waals surface area (Å²) in [4.78, 5) is 97.6. The van der Waals surface area contributed by atoms with Gasteiger partial charge < -0.3 is 18.9 Å². The molecule has 3 aromatic carbocycles. The summed E-state index contributed by atoms with van der Waals surface area (Å²) in [6.45, 7) is 0. The van der Waals surface area contributed by atoms with Crippen LogP contribution in [0.1, 0.15) is 89.3 Å². The molecule has 3 aliphatic rings. The predicted molar refractivity (Wildman–Crippen MR) is 122 cm³/mol. The van der Waals surface area contributed by atoms with Gasteiger partial charge in [-0.1, -0.05) is 0 Å². The molecule has 0 atom stereocenters. The van der Waals surface area contributed by atoms with Gasteiger partial charge in [-0.05, 0) is 48.5 Å². The zero-order valence-electron chi connectivity index (χ0n) is 19.2.